The summed E-state index contributed by atoms with van der Waals surface area (Å²) in [4.78, 5) is 25.0. The summed E-state index contributed by atoms with van der Waals surface area (Å²) in [5.41, 5.74) is 1.86. The van der Waals surface area contributed by atoms with Crippen LogP contribution in [0.1, 0.15) is 13.8 Å². The molecule has 116 valence electrons. The van der Waals surface area contributed by atoms with Crippen molar-refractivity contribution in [3.63, 3.8) is 0 Å². The lowest BCUT2D eigenvalue weighted by molar-refractivity contribution is -0.117. The zero-order valence-corrected chi connectivity index (χ0v) is 13.5. The average molecular weight is 298 g/mol. The summed E-state index contributed by atoms with van der Waals surface area (Å²) >= 11 is 0. The number of para-hydroxylation sites is 2. The van der Waals surface area contributed by atoms with Crippen molar-refractivity contribution in [3.8, 4) is 0 Å². The molecular formula is C18H22N2O2. The van der Waals surface area contributed by atoms with Crippen LogP contribution in [0.25, 0.3) is 0 Å². The maximum Gasteiger partial charge on any atom is 0.223 e. The molecule has 0 saturated heterocycles. The molecule has 0 aliphatic rings. The van der Waals surface area contributed by atoms with Gasteiger partial charge in [-0.3, -0.25) is 9.59 Å². The molecular weight excluding hydrogens is 276 g/mol. The third kappa shape index (κ3) is 5.40. The van der Waals surface area contributed by atoms with Crippen LogP contribution in [-0.2, 0) is 9.59 Å². The number of carbonyl (C=O) groups excluding carboxylic acids is 2. The Morgan fingerprint density at radius 1 is 0.636 bits per heavy atom. The Morgan fingerprint density at radius 3 is 1.14 bits per heavy atom. The Morgan fingerprint density at radius 2 is 0.909 bits per heavy atom. The molecule has 0 unspecified atom stereocenters. The summed E-state index contributed by atoms with van der Waals surface area (Å²) in [7, 11) is 3.52. The Kier molecular flexibility index (Phi) is 6.83. The summed E-state index contributed by atoms with van der Waals surface area (Å²) < 4.78 is 0. The molecule has 4 nitrogen and oxygen atoms in total. The van der Waals surface area contributed by atoms with E-state index in [1.165, 1.54) is 0 Å². The third-order valence-corrected chi connectivity index (χ3v) is 3.23. The highest BCUT2D eigenvalue weighted by molar-refractivity contribution is 5.91. The quantitative estimate of drug-likeness (QED) is 0.853. The van der Waals surface area contributed by atoms with Crippen LogP contribution in [0.4, 0.5) is 11.4 Å². The van der Waals surface area contributed by atoms with Gasteiger partial charge in [-0.15, -0.1) is 0 Å². The minimum Gasteiger partial charge on any atom is -0.316 e. The molecule has 0 bridgehead atoms. The molecule has 0 aliphatic heterocycles. The molecule has 0 radical (unpaired) electrons. The fourth-order valence-electron chi connectivity index (χ4n) is 1.67. The maximum absolute atomic E-state index is 10.9. The van der Waals surface area contributed by atoms with Gasteiger partial charge in [0.05, 0.1) is 0 Å². The van der Waals surface area contributed by atoms with Crippen LogP contribution in [0.2, 0.25) is 0 Å². The lowest BCUT2D eigenvalue weighted by Gasteiger charge is -2.13. The van der Waals surface area contributed by atoms with Gasteiger partial charge in [0.15, 0.2) is 0 Å². The molecule has 0 saturated carbocycles. The van der Waals surface area contributed by atoms with Crippen molar-refractivity contribution >= 4 is 23.2 Å². The van der Waals surface area contributed by atoms with Crippen LogP contribution < -0.4 is 9.80 Å². The first-order valence-corrected chi connectivity index (χ1v) is 7.02. The van der Waals surface area contributed by atoms with E-state index in [0.717, 1.165) is 11.4 Å². The summed E-state index contributed by atoms with van der Waals surface area (Å²) in [6, 6.07) is 19.1. The molecule has 2 aromatic carbocycles. The van der Waals surface area contributed by atoms with Gasteiger partial charge in [-0.25, -0.2) is 0 Å². The van der Waals surface area contributed by atoms with Gasteiger partial charge >= 0.3 is 0 Å². The van der Waals surface area contributed by atoms with Crippen LogP contribution >= 0.6 is 0 Å². The number of rotatable bonds is 2. The normalized spacial score (nSPS) is 9.27. The first-order valence-electron chi connectivity index (χ1n) is 7.02. The van der Waals surface area contributed by atoms with E-state index in [2.05, 4.69) is 0 Å². The van der Waals surface area contributed by atoms with E-state index in [-0.39, 0.29) is 11.8 Å². The Labute approximate surface area is 132 Å². The topological polar surface area (TPSA) is 40.6 Å². The first kappa shape index (κ1) is 17.4. The predicted octanol–water partition coefficient (Wildman–Crippen LogP) is 3.34. The van der Waals surface area contributed by atoms with Gasteiger partial charge < -0.3 is 9.80 Å². The fourth-order valence-corrected chi connectivity index (χ4v) is 1.67. The Hall–Kier alpha value is -2.62. The monoisotopic (exact) mass is 298 g/mol. The lowest BCUT2D eigenvalue weighted by atomic mass is 10.3. The van der Waals surface area contributed by atoms with Crippen molar-refractivity contribution in [2.24, 2.45) is 0 Å². The number of nitrogens with zero attached hydrogens (tertiary/aromatic N) is 2. The summed E-state index contributed by atoms with van der Waals surface area (Å²) in [5.74, 6) is 0.104. The maximum atomic E-state index is 10.9. The van der Waals surface area contributed by atoms with Gasteiger partial charge in [-0.2, -0.15) is 0 Å². The van der Waals surface area contributed by atoms with E-state index < -0.39 is 0 Å². The molecule has 0 heterocycles. The molecule has 2 amide bonds. The summed E-state index contributed by atoms with van der Waals surface area (Å²) in [5, 5.41) is 0. The molecule has 0 N–H and O–H groups in total. The van der Waals surface area contributed by atoms with E-state index in [0.29, 0.717) is 0 Å². The van der Waals surface area contributed by atoms with Gasteiger partial charge in [-0.05, 0) is 24.3 Å². The zero-order valence-electron chi connectivity index (χ0n) is 13.5. The molecule has 4 heteroatoms. The lowest BCUT2D eigenvalue weighted by Crippen LogP contribution is -2.22. The first-order chi connectivity index (χ1) is 10.4. The van der Waals surface area contributed by atoms with Gasteiger partial charge in [0.2, 0.25) is 11.8 Å². The number of hydrogen-bond donors (Lipinski definition) is 0. The number of benzene rings is 2. The Balaban J connectivity index is 0.000000220. The predicted molar refractivity (Wildman–Crippen MR) is 91.1 cm³/mol. The molecule has 0 fully saturated rings. The van der Waals surface area contributed by atoms with Crippen molar-refractivity contribution in [1.29, 1.82) is 0 Å². The summed E-state index contributed by atoms with van der Waals surface area (Å²) in [6.45, 7) is 3.10. The van der Waals surface area contributed by atoms with Gasteiger partial charge in [0.25, 0.3) is 0 Å². The van der Waals surface area contributed by atoms with E-state index in [1.807, 2.05) is 60.7 Å². The second kappa shape index (κ2) is 8.62. The molecule has 0 atom stereocenters. The molecule has 0 spiro atoms. The Bertz CT molecular complexity index is 541. The fraction of sp³-hybridized carbons (Fsp3) is 0.222. The number of anilines is 2. The van der Waals surface area contributed by atoms with E-state index in [4.69, 9.17) is 0 Å². The molecule has 22 heavy (non-hydrogen) atoms. The second-order valence-electron chi connectivity index (χ2n) is 4.83. The van der Waals surface area contributed by atoms with Crippen LogP contribution in [-0.4, -0.2) is 25.9 Å². The van der Waals surface area contributed by atoms with Crippen molar-refractivity contribution in [1.82, 2.24) is 0 Å². The van der Waals surface area contributed by atoms with Crippen LogP contribution in [0.5, 0.6) is 0 Å². The zero-order chi connectivity index (χ0) is 16.5. The van der Waals surface area contributed by atoms with Crippen molar-refractivity contribution in [2.75, 3.05) is 23.9 Å². The highest BCUT2D eigenvalue weighted by Gasteiger charge is 2.02. The smallest absolute Gasteiger partial charge is 0.223 e. The van der Waals surface area contributed by atoms with E-state index in [1.54, 1.807) is 37.7 Å². The second-order valence-corrected chi connectivity index (χ2v) is 4.83. The molecule has 2 rings (SSSR count). The van der Waals surface area contributed by atoms with Gasteiger partial charge in [-0.1, -0.05) is 36.4 Å². The van der Waals surface area contributed by atoms with Crippen molar-refractivity contribution in [3.05, 3.63) is 60.7 Å². The van der Waals surface area contributed by atoms with Gasteiger partial charge in [0.1, 0.15) is 0 Å². The number of carbonyl (C=O) groups is 2. The standard InChI is InChI=1S/2C9H11NO/c2*1-8(11)10(2)9-6-4-3-5-7-9/h2*3-7H,1-2H3. The van der Waals surface area contributed by atoms with E-state index >= 15 is 0 Å². The van der Waals surface area contributed by atoms with Crippen LogP contribution in [0, 0.1) is 0 Å². The summed E-state index contributed by atoms with van der Waals surface area (Å²) in [6.07, 6.45) is 0. The number of hydrogen-bond acceptors (Lipinski definition) is 2. The van der Waals surface area contributed by atoms with Crippen LogP contribution in [0.3, 0.4) is 0 Å². The van der Waals surface area contributed by atoms with Crippen LogP contribution in [0.15, 0.2) is 60.7 Å². The third-order valence-electron chi connectivity index (χ3n) is 3.23. The molecule has 2 aromatic rings. The SMILES string of the molecule is CC(=O)N(C)c1ccccc1.CC(=O)N(C)c1ccccc1. The molecule has 0 aliphatic carbocycles. The van der Waals surface area contributed by atoms with E-state index in [9.17, 15) is 9.59 Å². The minimum absolute atomic E-state index is 0.0520. The molecule has 0 aromatic heterocycles. The van der Waals surface area contributed by atoms with Crippen molar-refractivity contribution < 1.29 is 9.59 Å². The average Bonchev–Trinajstić information content (AvgIpc) is 2.55. The highest BCUT2D eigenvalue weighted by Crippen LogP contribution is 2.10. The van der Waals surface area contributed by atoms with Crippen molar-refractivity contribution in [2.45, 2.75) is 13.8 Å². The number of amides is 2. The van der Waals surface area contributed by atoms with Gasteiger partial charge in [0, 0.05) is 39.3 Å². The highest BCUT2D eigenvalue weighted by atomic mass is 16.2. The minimum atomic E-state index is 0.0520. The largest absolute Gasteiger partial charge is 0.316 e.